The summed E-state index contributed by atoms with van der Waals surface area (Å²) in [6, 6.07) is 1.82. The predicted octanol–water partition coefficient (Wildman–Crippen LogP) is 2.15. The summed E-state index contributed by atoms with van der Waals surface area (Å²) in [5, 5.41) is 12.8. The van der Waals surface area contributed by atoms with Gasteiger partial charge in [-0.2, -0.15) is 11.3 Å². The van der Waals surface area contributed by atoms with Gasteiger partial charge in [0.05, 0.1) is 12.8 Å². The minimum atomic E-state index is -0.824. The van der Waals surface area contributed by atoms with Crippen molar-refractivity contribution in [3.63, 3.8) is 0 Å². The van der Waals surface area contributed by atoms with E-state index in [1.807, 2.05) is 16.8 Å². The Morgan fingerprint density at radius 3 is 2.94 bits per heavy atom. The molecule has 1 aliphatic heterocycles. The summed E-state index contributed by atoms with van der Waals surface area (Å²) >= 11 is 1.57. The van der Waals surface area contributed by atoms with Crippen molar-refractivity contribution in [2.45, 2.75) is 38.1 Å². The van der Waals surface area contributed by atoms with E-state index in [2.05, 4.69) is 0 Å². The summed E-state index contributed by atoms with van der Waals surface area (Å²) in [7, 11) is 0. The Morgan fingerprint density at radius 1 is 1.44 bits per heavy atom. The Morgan fingerprint density at radius 2 is 2.28 bits per heavy atom. The number of amides is 1. The number of rotatable bonds is 4. The van der Waals surface area contributed by atoms with Crippen LogP contribution in [0.25, 0.3) is 0 Å². The van der Waals surface area contributed by atoms with Crippen molar-refractivity contribution >= 4 is 23.2 Å². The van der Waals surface area contributed by atoms with Gasteiger partial charge in [0.25, 0.3) is 0 Å². The molecule has 0 radical (unpaired) electrons. The van der Waals surface area contributed by atoms with Crippen LogP contribution in [0.15, 0.2) is 16.8 Å². The maximum atomic E-state index is 12.2. The van der Waals surface area contributed by atoms with Crippen molar-refractivity contribution in [1.29, 1.82) is 0 Å². The summed E-state index contributed by atoms with van der Waals surface area (Å²) in [5.74, 6) is -0.769. The van der Waals surface area contributed by atoms with Gasteiger partial charge < -0.3 is 10.0 Å². The summed E-state index contributed by atoms with van der Waals surface area (Å²) < 4.78 is 0. The van der Waals surface area contributed by atoms with Crippen molar-refractivity contribution < 1.29 is 14.7 Å². The van der Waals surface area contributed by atoms with E-state index in [4.69, 9.17) is 5.11 Å². The molecule has 1 unspecified atom stereocenters. The van der Waals surface area contributed by atoms with E-state index in [1.54, 1.807) is 16.2 Å². The summed E-state index contributed by atoms with van der Waals surface area (Å²) in [4.78, 5) is 24.8. The number of carboxylic acid groups (broad SMARTS) is 1. The molecule has 5 heteroatoms. The minimum absolute atomic E-state index is 0.0550. The molecule has 1 aromatic rings. The van der Waals surface area contributed by atoms with Crippen LogP contribution >= 0.6 is 11.3 Å². The number of hydrogen-bond donors (Lipinski definition) is 1. The van der Waals surface area contributed by atoms with Gasteiger partial charge in [0, 0.05) is 12.6 Å². The first-order valence-electron chi connectivity index (χ1n) is 6.19. The van der Waals surface area contributed by atoms with Crippen LogP contribution in [0.1, 0.15) is 31.2 Å². The average molecular weight is 267 g/mol. The molecule has 1 N–H and O–H groups in total. The van der Waals surface area contributed by atoms with E-state index in [1.165, 1.54) is 0 Å². The molecule has 1 aliphatic rings. The van der Waals surface area contributed by atoms with Crippen LogP contribution in [0.4, 0.5) is 0 Å². The zero-order chi connectivity index (χ0) is 13.0. The first-order chi connectivity index (χ1) is 8.66. The molecule has 1 amide bonds. The average Bonchev–Trinajstić information content (AvgIpc) is 2.81. The number of thiophene rings is 1. The van der Waals surface area contributed by atoms with Crippen molar-refractivity contribution in [2.24, 2.45) is 0 Å². The highest BCUT2D eigenvalue weighted by Gasteiger charge is 2.28. The molecule has 18 heavy (non-hydrogen) atoms. The molecule has 0 saturated carbocycles. The van der Waals surface area contributed by atoms with Gasteiger partial charge in [-0.05, 0) is 41.7 Å². The monoisotopic (exact) mass is 267 g/mol. The first kappa shape index (κ1) is 13.1. The molecule has 1 saturated heterocycles. The molecule has 2 heterocycles. The quantitative estimate of drug-likeness (QED) is 0.909. The lowest BCUT2D eigenvalue weighted by molar-refractivity contribution is -0.141. The lowest BCUT2D eigenvalue weighted by atomic mass is 9.98. The lowest BCUT2D eigenvalue weighted by Gasteiger charge is -2.35. The fraction of sp³-hybridized carbons (Fsp3) is 0.538. The summed E-state index contributed by atoms with van der Waals surface area (Å²) in [6.45, 7) is 0.695. The maximum absolute atomic E-state index is 12.2. The SMILES string of the molecule is O=C(O)CC1CCCCN1C(=O)Cc1ccsc1. The number of carbonyl (C=O) groups excluding carboxylic acids is 1. The number of likely N-dealkylation sites (tertiary alicyclic amines) is 1. The largest absolute Gasteiger partial charge is 0.481 e. The van der Waals surface area contributed by atoms with Crippen LogP contribution in [-0.2, 0) is 16.0 Å². The molecular weight excluding hydrogens is 250 g/mol. The molecule has 0 aliphatic carbocycles. The number of nitrogens with zero attached hydrogens (tertiary/aromatic N) is 1. The van der Waals surface area contributed by atoms with Gasteiger partial charge >= 0.3 is 5.97 Å². The van der Waals surface area contributed by atoms with Gasteiger partial charge in [-0.25, -0.2) is 0 Å². The second kappa shape index (κ2) is 6.00. The first-order valence-corrected chi connectivity index (χ1v) is 7.13. The van der Waals surface area contributed by atoms with Crippen LogP contribution in [0.3, 0.4) is 0 Å². The van der Waals surface area contributed by atoms with Crippen LogP contribution in [0.2, 0.25) is 0 Å². The third-order valence-corrected chi connectivity index (χ3v) is 4.03. The maximum Gasteiger partial charge on any atom is 0.305 e. The fourth-order valence-electron chi connectivity index (χ4n) is 2.41. The Labute approximate surface area is 110 Å². The van der Waals surface area contributed by atoms with Gasteiger partial charge in [-0.15, -0.1) is 0 Å². The van der Waals surface area contributed by atoms with E-state index >= 15 is 0 Å². The number of carboxylic acids is 1. The standard InChI is InChI=1S/C13H17NO3S/c15-12(7-10-4-6-18-9-10)14-5-2-1-3-11(14)8-13(16)17/h4,6,9,11H,1-3,5,7-8H2,(H,16,17). The van der Waals surface area contributed by atoms with E-state index in [0.717, 1.165) is 24.8 Å². The van der Waals surface area contributed by atoms with Gasteiger partial charge in [-0.3, -0.25) is 9.59 Å². The van der Waals surface area contributed by atoms with Crippen molar-refractivity contribution in [3.05, 3.63) is 22.4 Å². The molecule has 1 aromatic heterocycles. The number of piperidine rings is 1. The molecule has 1 fully saturated rings. The van der Waals surface area contributed by atoms with Crippen LogP contribution in [0.5, 0.6) is 0 Å². The third kappa shape index (κ3) is 3.32. The second-order valence-electron chi connectivity index (χ2n) is 4.64. The number of hydrogen-bond acceptors (Lipinski definition) is 3. The highest BCUT2D eigenvalue weighted by atomic mass is 32.1. The van der Waals surface area contributed by atoms with Crippen molar-refractivity contribution in [3.8, 4) is 0 Å². The smallest absolute Gasteiger partial charge is 0.305 e. The second-order valence-corrected chi connectivity index (χ2v) is 5.42. The van der Waals surface area contributed by atoms with Crippen LogP contribution in [-0.4, -0.2) is 34.5 Å². The van der Waals surface area contributed by atoms with Gasteiger partial charge in [-0.1, -0.05) is 0 Å². The third-order valence-electron chi connectivity index (χ3n) is 3.29. The van der Waals surface area contributed by atoms with Crippen molar-refractivity contribution in [2.75, 3.05) is 6.54 Å². The predicted molar refractivity (Wildman–Crippen MR) is 69.6 cm³/mol. The van der Waals surface area contributed by atoms with Gasteiger partial charge in [0.1, 0.15) is 0 Å². The van der Waals surface area contributed by atoms with E-state index in [-0.39, 0.29) is 18.4 Å². The Balaban J connectivity index is 1.99. The van der Waals surface area contributed by atoms with E-state index in [0.29, 0.717) is 13.0 Å². The normalized spacial score (nSPS) is 19.8. The molecule has 4 nitrogen and oxygen atoms in total. The molecular formula is C13H17NO3S. The van der Waals surface area contributed by atoms with Crippen LogP contribution < -0.4 is 0 Å². The highest BCUT2D eigenvalue weighted by molar-refractivity contribution is 7.07. The number of carbonyl (C=O) groups is 2. The highest BCUT2D eigenvalue weighted by Crippen LogP contribution is 2.21. The molecule has 1 atom stereocenters. The van der Waals surface area contributed by atoms with Gasteiger partial charge in [0.2, 0.25) is 5.91 Å². The Kier molecular flexibility index (Phi) is 4.36. The van der Waals surface area contributed by atoms with Crippen molar-refractivity contribution in [1.82, 2.24) is 4.90 Å². The molecule has 98 valence electrons. The topological polar surface area (TPSA) is 57.6 Å². The zero-order valence-corrected chi connectivity index (χ0v) is 11.0. The molecule has 0 bridgehead atoms. The Hall–Kier alpha value is -1.36. The van der Waals surface area contributed by atoms with Crippen LogP contribution in [0, 0.1) is 0 Å². The zero-order valence-electron chi connectivity index (χ0n) is 10.2. The lowest BCUT2D eigenvalue weighted by Crippen LogP contribution is -2.45. The number of aliphatic carboxylic acids is 1. The van der Waals surface area contributed by atoms with Gasteiger partial charge in [0.15, 0.2) is 0 Å². The summed E-state index contributed by atoms with van der Waals surface area (Å²) in [5.41, 5.74) is 1.02. The molecule has 0 spiro atoms. The van der Waals surface area contributed by atoms with E-state index in [9.17, 15) is 9.59 Å². The van der Waals surface area contributed by atoms with E-state index < -0.39 is 5.97 Å². The molecule has 2 rings (SSSR count). The fourth-order valence-corrected chi connectivity index (χ4v) is 3.08. The minimum Gasteiger partial charge on any atom is -0.481 e. The molecule has 0 aromatic carbocycles. The summed E-state index contributed by atoms with van der Waals surface area (Å²) in [6.07, 6.45) is 3.25. The Bertz CT molecular complexity index is 416.